The van der Waals surface area contributed by atoms with Gasteiger partial charge in [0.1, 0.15) is 0 Å². The molecule has 3 rings (SSSR count). The van der Waals surface area contributed by atoms with E-state index < -0.39 is 17.4 Å². The van der Waals surface area contributed by atoms with Gasteiger partial charge < -0.3 is 4.98 Å². The molecule has 0 saturated carbocycles. The lowest BCUT2D eigenvalue weighted by molar-refractivity contribution is -0.136. The number of hydrogen-bond acceptors (Lipinski definition) is 2. The maximum Gasteiger partial charge on any atom is 0.418 e. The molecule has 106 valence electrons. The van der Waals surface area contributed by atoms with Gasteiger partial charge in [-0.2, -0.15) is 18.2 Å². The Morgan fingerprint density at radius 3 is 2.33 bits per heavy atom. The second-order valence-corrected chi connectivity index (χ2v) is 4.48. The molecular formula is C15H9F3N2O. The summed E-state index contributed by atoms with van der Waals surface area (Å²) < 4.78 is 39.1. The number of alkyl halides is 3. The van der Waals surface area contributed by atoms with Crippen molar-refractivity contribution < 1.29 is 13.2 Å². The number of rotatable bonds is 1. The van der Waals surface area contributed by atoms with E-state index in [2.05, 4.69) is 9.97 Å². The van der Waals surface area contributed by atoms with Crippen LogP contribution < -0.4 is 5.69 Å². The summed E-state index contributed by atoms with van der Waals surface area (Å²) in [4.78, 5) is 17.6. The van der Waals surface area contributed by atoms with Gasteiger partial charge in [0.15, 0.2) is 0 Å². The van der Waals surface area contributed by atoms with Crippen molar-refractivity contribution >= 4 is 10.9 Å². The Bertz CT molecular complexity index is 854. The smallest absolute Gasteiger partial charge is 0.305 e. The van der Waals surface area contributed by atoms with E-state index in [0.29, 0.717) is 11.3 Å². The lowest BCUT2D eigenvalue weighted by Gasteiger charge is -2.11. The zero-order valence-electron chi connectivity index (χ0n) is 10.6. The Morgan fingerprint density at radius 2 is 1.67 bits per heavy atom. The largest absolute Gasteiger partial charge is 0.418 e. The summed E-state index contributed by atoms with van der Waals surface area (Å²) >= 11 is 0. The van der Waals surface area contributed by atoms with Crippen LogP contribution in [0.2, 0.25) is 0 Å². The minimum atomic E-state index is -4.56. The molecule has 0 amide bonds. The van der Waals surface area contributed by atoms with E-state index in [1.807, 2.05) is 0 Å². The van der Waals surface area contributed by atoms with Crippen molar-refractivity contribution in [1.82, 2.24) is 9.97 Å². The minimum absolute atomic E-state index is 0.260. The lowest BCUT2D eigenvalue weighted by atomic mass is 10.0. The molecule has 2 aromatic carbocycles. The van der Waals surface area contributed by atoms with E-state index in [4.69, 9.17) is 0 Å². The molecule has 0 saturated heterocycles. The van der Waals surface area contributed by atoms with Crippen LogP contribution in [0.3, 0.4) is 0 Å². The van der Waals surface area contributed by atoms with Crippen molar-refractivity contribution in [3.8, 4) is 11.3 Å². The molecule has 3 aromatic rings. The Kier molecular flexibility index (Phi) is 3.01. The fourth-order valence-electron chi connectivity index (χ4n) is 2.23. The summed E-state index contributed by atoms with van der Waals surface area (Å²) in [5.74, 6) is 0. The number of aromatic nitrogens is 2. The summed E-state index contributed by atoms with van der Waals surface area (Å²) in [6, 6.07) is 12.4. The average Bonchev–Trinajstić information content (AvgIpc) is 2.45. The van der Waals surface area contributed by atoms with Crippen molar-refractivity contribution in [2.24, 2.45) is 0 Å². The van der Waals surface area contributed by atoms with Crippen LogP contribution in [-0.2, 0) is 6.18 Å². The van der Waals surface area contributed by atoms with Gasteiger partial charge in [0, 0.05) is 5.39 Å². The quantitative estimate of drug-likeness (QED) is 0.744. The lowest BCUT2D eigenvalue weighted by Crippen LogP contribution is -2.15. The molecule has 1 aromatic heterocycles. The van der Waals surface area contributed by atoms with Crippen LogP contribution in [0, 0.1) is 0 Å². The highest BCUT2D eigenvalue weighted by atomic mass is 19.4. The van der Waals surface area contributed by atoms with Gasteiger partial charge in [0.25, 0.3) is 0 Å². The van der Waals surface area contributed by atoms with Crippen molar-refractivity contribution in [2.45, 2.75) is 6.18 Å². The van der Waals surface area contributed by atoms with Gasteiger partial charge >= 0.3 is 11.9 Å². The first-order chi connectivity index (χ1) is 9.97. The van der Waals surface area contributed by atoms with Crippen molar-refractivity contribution in [3.05, 3.63) is 64.6 Å². The van der Waals surface area contributed by atoms with E-state index in [9.17, 15) is 18.0 Å². The van der Waals surface area contributed by atoms with Crippen LogP contribution in [0.25, 0.3) is 22.2 Å². The summed E-state index contributed by atoms with van der Waals surface area (Å²) in [5, 5.41) is 0.260. The van der Waals surface area contributed by atoms with Crippen LogP contribution in [-0.4, -0.2) is 9.97 Å². The molecule has 0 atom stereocenters. The Balaban J connectivity index is 2.41. The predicted octanol–water partition coefficient (Wildman–Crippen LogP) is 3.61. The number of hydrogen-bond donors (Lipinski definition) is 1. The van der Waals surface area contributed by atoms with Crippen molar-refractivity contribution in [1.29, 1.82) is 0 Å². The van der Waals surface area contributed by atoms with Crippen LogP contribution in [0.1, 0.15) is 5.56 Å². The third-order valence-electron chi connectivity index (χ3n) is 3.12. The van der Waals surface area contributed by atoms with Gasteiger partial charge in [-0.15, -0.1) is 0 Å². The number of nitrogens with one attached hydrogen (secondary N) is 1. The standard InChI is InChI=1S/C15H9F3N2O/c16-15(17,18)11-8-4-7-10-12(9-5-2-1-3-6-9)19-14(21)20-13(10)11/h1-8H,(H,19,20,21). The second-order valence-electron chi connectivity index (χ2n) is 4.48. The van der Waals surface area contributed by atoms with Crippen LogP contribution in [0.15, 0.2) is 53.3 Å². The molecule has 0 unspecified atom stereocenters. The predicted molar refractivity (Wildman–Crippen MR) is 72.8 cm³/mol. The molecule has 0 aliphatic carbocycles. The fraction of sp³-hybridized carbons (Fsp3) is 0.0667. The summed E-state index contributed by atoms with van der Waals surface area (Å²) in [6.45, 7) is 0. The number of para-hydroxylation sites is 1. The number of nitrogens with zero attached hydrogens (tertiary/aromatic N) is 1. The second kappa shape index (κ2) is 4.73. The molecule has 1 heterocycles. The highest BCUT2D eigenvalue weighted by molar-refractivity contribution is 5.93. The molecule has 21 heavy (non-hydrogen) atoms. The first-order valence-electron chi connectivity index (χ1n) is 6.12. The normalized spacial score (nSPS) is 11.8. The Labute approximate surface area is 117 Å². The number of H-pyrrole nitrogens is 1. The third kappa shape index (κ3) is 2.40. The molecule has 0 radical (unpaired) electrons. The van der Waals surface area contributed by atoms with Gasteiger partial charge in [-0.05, 0) is 11.6 Å². The van der Waals surface area contributed by atoms with Crippen molar-refractivity contribution in [3.63, 3.8) is 0 Å². The molecule has 0 aliphatic rings. The Morgan fingerprint density at radius 1 is 0.952 bits per heavy atom. The summed E-state index contributed by atoms with van der Waals surface area (Å²) in [7, 11) is 0. The molecule has 3 nitrogen and oxygen atoms in total. The minimum Gasteiger partial charge on any atom is -0.305 e. The number of benzene rings is 2. The molecule has 0 spiro atoms. The SMILES string of the molecule is O=c1nc2c(C(F)(F)F)cccc2c(-c2ccccc2)[nH]1. The molecule has 0 fully saturated rings. The first-order valence-corrected chi connectivity index (χ1v) is 6.12. The molecule has 0 bridgehead atoms. The van der Waals surface area contributed by atoms with E-state index in [0.717, 1.165) is 6.07 Å². The van der Waals surface area contributed by atoms with E-state index in [1.54, 1.807) is 30.3 Å². The number of halogens is 3. The molecule has 0 aliphatic heterocycles. The molecule has 6 heteroatoms. The number of aromatic amines is 1. The van der Waals surface area contributed by atoms with Gasteiger partial charge in [0.05, 0.1) is 16.8 Å². The van der Waals surface area contributed by atoms with Gasteiger partial charge in [-0.1, -0.05) is 42.5 Å². The third-order valence-corrected chi connectivity index (χ3v) is 3.12. The van der Waals surface area contributed by atoms with Crippen LogP contribution in [0.4, 0.5) is 13.2 Å². The summed E-state index contributed by atoms with van der Waals surface area (Å²) in [5.41, 5.74) is -1.10. The molecular weight excluding hydrogens is 281 g/mol. The van der Waals surface area contributed by atoms with E-state index in [-0.39, 0.29) is 10.9 Å². The maximum absolute atomic E-state index is 13.0. The van der Waals surface area contributed by atoms with E-state index >= 15 is 0 Å². The topological polar surface area (TPSA) is 45.8 Å². The first kappa shape index (κ1) is 13.4. The average molecular weight is 290 g/mol. The fourth-order valence-corrected chi connectivity index (χ4v) is 2.23. The maximum atomic E-state index is 13.0. The summed E-state index contributed by atoms with van der Waals surface area (Å²) in [6.07, 6.45) is -4.56. The van der Waals surface area contributed by atoms with Gasteiger partial charge in [-0.3, -0.25) is 0 Å². The highest BCUT2D eigenvalue weighted by Crippen LogP contribution is 2.35. The van der Waals surface area contributed by atoms with Crippen LogP contribution in [0.5, 0.6) is 0 Å². The highest BCUT2D eigenvalue weighted by Gasteiger charge is 2.33. The van der Waals surface area contributed by atoms with E-state index in [1.165, 1.54) is 12.1 Å². The van der Waals surface area contributed by atoms with Gasteiger partial charge in [0.2, 0.25) is 0 Å². The number of fused-ring (bicyclic) bond motifs is 1. The van der Waals surface area contributed by atoms with Crippen molar-refractivity contribution in [2.75, 3.05) is 0 Å². The monoisotopic (exact) mass is 290 g/mol. The zero-order valence-corrected chi connectivity index (χ0v) is 10.6. The van der Waals surface area contributed by atoms with Gasteiger partial charge in [-0.25, -0.2) is 4.79 Å². The van der Waals surface area contributed by atoms with Crippen LogP contribution >= 0.6 is 0 Å². The Hall–Kier alpha value is -2.63. The zero-order chi connectivity index (χ0) is 15.0. The molecule has 1 N–H and O–H groups in total.